The van der Waals surface area contributed by atoms with Crippen LogP contribution < -0.4 is 11.1 Å². The van der Waals surface area contributed by atoms with Gasteiger partial charge in [0, 0.05) is 6.54 Å². The third-order valence-electron chi connectivity index (χ3n) is 1.79. The lowest BCUT2D eigenvalue weighted by Crippen LogP contribution is -2.05. The number of furan rings is 1. The van der Waals surface area contributed by atoms with Crippen LogP contribution in [-0.4, -0.2) is 21.7 Å². The molecule has 6 heteroatoms. The summed E-state index contributed by atoms with van der Waals surface area (Å²) in [6.45, 7) is 0.758. The predicted molar refractivity (Wildman–Crippen MR) is 51.7 cm³/mol. The van der Waals surface area contributed by atoms with Gasteiger partial charge < -0.3 is 15.5 Å². The molecule has 0 atom stereocenters. The summed E-state index contributed by atoms with van der Waals surface area (Å²) in [6, 6.07) is 1.93. The van der Waals surface area contributed by atoms with Gasteiger partial charge in [0.25, 0.3) is 0 Å². The predicted octanol–water partition coefficient (Wildman–Crippen LogP) is 0.634. The monoisotopic (exact) mass is 193 g/mol. The van der Waals surface area contributed by atoms with Gasteiger partial charge in [0.05, 0.1) is 12.5 Å². The third-order valence-corrected chi connectivity index (χ3v) is 1.79. The number of nitrogens with one attached hydrogen (secondary N) is 2. The molecule has 0 radical (unpaired) electrons. The summed E-state index contributed by atoms with van der Waals surface area (Å²) < 4.78 is 4.94. The first-order valence-electron chi connectivity index (χ1n) is 4.28. The Balaban J connectivity index is 1.78. The van der Waals surface area contributed by atoms with Crippen molar-refractivity contribution in [3.8, 4) is 0 Å². The summed E-state index contributed by atoms with van der Waals surface area (Å²) in [5, 5.41) is 10.4. The molecular formula is C8H11N5O. The number of nitrogens with two attached hydrogens (primary N) is 1. The molecule has 2 heterocycles. The molecule has 0 spiro atoms. The van der Waals surface area contributed by atoms with Gasteiger partial charge in [0.15, 0.2) is 0 Å². The Kier molecular flexibility index (Phi) is 2.35. The van der Waals surface area contributed by atoms with Crippen molar-refractivity contribution in [3.05, 3.63) is 24.2 Å². The average molecular weight is 193 g/mol. The van der Waals surface area contributed by atoms with Gasteiger partial charge in [-0.25, -0.2) is 0 Å². The summed E-state index contributed by atoms with van der Waals surface area (Å²) in [5.41, 5.74) is 6.50. The number of hydrogen-bond acceptors (Lipinski definition) is 5. The van der Waals surface area contributed by atoms with Gasteiger partial charge in [0.2, 0.25) is 11.9 Å². The molecule has 0 saturated heterocycles. The summed E-state index contributed by atoms with van der Waals surface area (Å²) in [4.78, 5) is 2.78. The van der Waals surface area contributed by atoms with Gasteiger partial charge in [-0.3, -0.25) is 4.98 Å². The van der Waals surface area contributed by atoms with Crippen LogP contribution in [0.15, 0.2) is 23.0 Å². The summed E-state index contributed by atoms with van der Waals surface area (Å²) in [7, 11) is 0. The number of nitrogens with zero attached hydrogens (tertiary/aromatic N) is 2. The SMILES string of the molecule is Nc1nnc(NCCc2ccoc2)[nH]1. The van der Waals surface area contributed by atoms with Crippen LogP contribution in [0, 0.1) is 0 Å². The lowest BCUT2D eigenvalue weighted by Gasteiger charge is -1.98. The van der Waals surface area contributed by atoms with Gasteiger partial charge in [0.1, 0.15) is 0 Å². The van der Waals surface area contributed by atoms with Crippen molar-refractivity contribution in [1.29, 1.82) is 0 Å². The van der Waals surface area contributed by atoms with Gasteiger partial charge in [-0.15, -0.1) is 10.2 Å². The molecule has 2 aromatic rings. The van der Waals surface area contributed by atoms with Crippen molar-refractivity contribution in [2.75, 3.05) is 17.6 Å². The normalized spacial score (nSPS) is 10.3. The zero-order valence-electron chi connectivity index (χ0n) is 7.53. The van der Waals surface area contributed by atoms with Crippen LogP contribution in [0.5, 0.6) is 0 Å². The zero-order chi connectivity index (χ0) is 9.80. The Hall–Kier alpha value is -1.98. The molecule has 0 aliphatic carbocycles. The van der Waals surface area contributed by atoms with Crippen molar-refractivity contribution in [1.82, 2.24) is 15.2 Å². The quantitative estimate of drug-likeness (QED) is 0.662. The van der Waals surface area contributed by atoms with E-state index in [1.165, 1.54) is 0 Å². The van der Waals surface area contributed by atoms with E-state index in [-0.39, 0.29) is 0 Å². The molecule has 6 nitrogen and oxygen atoms in total. The number of hydrogen-bond donors (Lipinski definition) is 3. The van der Waals surface area contributed by atoms with Gasteiger partial charge in [-0.1, -0.05) is 0 Å². The number of H-pyrrole nitrogens is 1. The zero-order valence-corrected chi connectivity index (χ0v) is 7.53. The first-order chi connectivity index (χ1) is 6.84. The first kappa shape index (κ1) is 8.61. The lowest BCUT2D eigenvalue weighted by atomic mass is 10.2. The van der Waals surface area contributed by atoms with Crippen LogP contribution in [-0.2, 0) is 6.42 Å². The second kappa shape index (κ2) is 3.82. The Morgan fingerprint density at radius 3 is 3.07 bits per heavy atom. The van der Waals surface area contributed by atoms with Crippen LogP contribution in [0.3, 0.4) is 0 Å². The fourth-order valence-electron chi connectivity index (χ4n) is 1.11. The molecule has 0 aromatic carbocycles. The number of anilines is 2. The van der Waals surface area contributed by atoms with E-state index in [0.29, 0.717) is 11.9 Å². The van der Waals surface area contributed by atoms with Gasteiger partial charge in [-0.05, 0) is 18.1 Å². The van der Waals surface area contributed by atoms with E-state index >= 15 is 0 Å². The molecule has 0 bridgehead atoms. The molecule has 2 rings (SSSR count). The van der Waals surface area contributed by atoms with E-state index in [9.17, 15) is 0 Å². The van der Waals surface area contributed by atoms with Crippen molar-refractivity contribution < 1.29 is 4.42 Å². The first-order valence-corrected chi connectivity index (χ1v) is 4.28. The number of aromatic amines is 1. The summed E-state index contributed by atoms with van der Waals surface area (Å²) in [5.74, 6) is 0.904. The van der Waals surface area contributed by atoms with E-state index in [2.05, 4.69) is 20.5 Å². The Morgan fingerprint density at radius 2 is 2.43 bits per heavy atom. The van der Waals surface area contributed by atoms with E-state index in [1.807, 2.05) is 6.07 Å². The van der Waals surface area contributed by atoms with Crippen LogP contribution >= 0.6 is 0 Å². The van der Waals surface area contributed by atoms with E-state index in [1.54, 1.807) is 12.5 Å². The van der Waals surface area contributed by atoms with Crippen LogP contribution in [0.1, 0.15) is 5.56 Å². The minimum atomic E-state index is 0.316. The highest BCUT2D eigenvalue weighted by atomic mass is 16.3. The fraction of sp³-hybridized carbons (Fsp3) is 0.250. The number of rotatable bonds is 4. The lowest BCUT2D eigenvalue weighted by molar-refractivity contribution is 0.564. The number of aromatic nitrogens is 3. The highest BCUT2D eigenvalue weighted by Gasteiger charge is 1.98. The molecule has 0 amide bonds. The molecule has 4 N–H and O–H groups in total. The molecule has 2 aromatic heterocycles. The average Bonchev–Trinajstić information content (AvgIpc) is 2.77. The Labute approximate surface area is 80.5 Å². The van der Waals surface area contributed by atoms with Crippen molar-refractivity contribution in [3.63, 3.8) is 0 Å². The second-order valence-corrected chi connectivity index (χ2v) is 2.87. The van der Waals surface area contributed by atoms with E-state index in [4.69, 9.17) is 10.2 Å². The van der Waals surface area contributed by atoms with Crippen molar-refractivity contribution >= 4 is 11.9 Å². The van der Waals surface area contributed by atoms with Crippen LogP contribution in [0.2, 0.25) is 0 Å². The number of nitrogen functional groups attached to an aromatic ring is 1. The Morgan fingerprint density at radius 1 is 1.50 bits per heavy atom. The molecule has 0 aliphatic heterocycles. The highest BCUT2D eigenvalue weighted by molar-refractivity contribution is 5.29. The van der Waals surface area contributed by atoms with Gasteiger partial charge >= 0.3 is 0 Å². The van der Waals surface area contributed by atoms with Crippen molar-refractivity contribution in [2.24, 2.45) is 0 Å². The molecule has 0 aliphatic rings. The molecule has 14 heavy (non-hydrogen) atoms. The largest absolute Gasteiger partial charge is 0.472 e. The minimum absolute atomic E-state index is 0.316. The smallest absolute Gasteiger partial charge is 0.223 e. The topological polar surface area (TPSA) is 92.8 Å². The Bertz CT molecular complexity index is 380. The summed E-state index contributed by atoms with van der Waals surface area (Å²) in [6.07, 6.45) is 4.25. The standard InChI is InChI=1S/C8H11N5O/c9-7-11-8(13-12-7)10-3-1-6-2-4-14-5-6/h2,4-5H,1,3H2,(H4,9,10,11,12,13). The van der Waals surface area contributed by atoms with Crippen molar-refractivity contribution in [2.45, 2.75) is 6.42 Å². The molecule has 74 valence electrons. The molecule has 0 saturated carbocycles. The third kappa shape index (κ3) is 2.03. The molecular weight excluding hydrogens is 182 g/mol. The highest BCUT2D eigenvalue weighted by Crippen LogP contribution is 2.02. The fourth-order valence-corrected chi connectivity index (χ4v) is 1.11. The van der Waals surface area contributed by atoms with E-state index < -0.39 is 0 Å². The van der Waals surface area contributed by atoms with Crippen LogP contribution in [0.4, 0.5) is 11.9 Å². The maximum Gasteiger partial charge on any atom is 0.223 e. The maximum atomic E-state index is 5.36. The van der Waals surface area contributed by atoms with Gasteiger partial charge in [-0.2, -0.15) is 0 Å². The van der Waals surface area contributed by atoms with Crippen LogP contribution in [0.25, 0.3) is 0 Å². The maximum absolute atomic E-state index is 5.36. The minimum Gasteiger partial charge on any atom is -0.472 e. The molecule has 0 fully saturated rings. The second-order valence-electron chi connectivity index (χ2n) is 2.87. The van der Waals surface area contributed by atoms with E-state index in [0.717, 1.165) is 18.5 Å². The molecule has 0 unspecified atom stereocenters. The summed E-state index contributed by atoms with van der Waals surface area (Å²) >= 11 is 0.